The lowest BCUT2D eigenvalue weighted by molar-refractivity contribution is 0.0407. The Bertz CT molecular complexity index is 643. The third kappa shape index (κ3) is 2.66. The second-order valence-corrected chi connectivity index (χ2v) is 6.47. The van der Waals surface area contributed by atoms with Crippen LogP contribution in [0.15, 0.2) is 10.7 Å². The first-order valence-corrected chi connectivity index (χ1v) is 7.68. The van der Waals surface area contributed by atoms with Gasteiger partial charge in [-0.15, -0.1) is 5.10 Å². The minimum atomic E-state index is -0.924. The molecule has 2 aromatic heterocycles. The second kappa shape index (κ2) is 5.48. The largest absolute Gasteiger partial charge is 0.382 e. The molecule has 1 aliphatic rings. The van der Waals surface area contributed by atoms with E-state index in [1.165, 1.54) is 0 Å². The molecule has 1 fully saturated rings. The summed E-state index contributed by atoms with van der Waals surface area (Å²) >= 11 is 0. The monoisotopic (exact) mass is 305 g/mol. The van der Waals surface area contributed by atoms with Gasteiger partial charge in [0.1, 0.15) is 17.1 Å². The molecule has 7 nitrogen and oxygen atoms in total. The van der Waals surface area contributed by atoms with Crippen molar-refractivity contribution in [1.82, 2.24) is 25.1 Å². The van der Waals surface area contributed by atoms with Crippen molar-refractivity contribution in [1.29, 1.82) is 0 Å². The molecule has 0 aliphatic carbocycles. The van der Waals surface area contributed by atoms with E-state index in [2.05, 4.69) is 20.4 Å². The fourth-order valence-electron chi connectivity index (χ4n) is 2.91. The average molecular weight is 305 g/mol. The van der Waals surface area contributed by atoms with Gasteiger partial charge < -0.3 is 9.63 Å². The summed E-state index contributed by atoms with van der Waals surface area (Å²) in [5.41, 5.74) is 1.75. The summed E-state index contributed by atoms with van der Waals surface area (Å²) in [6.07, 6.45) is 2.51. The molecule has 1 N–H and O–H groups in total. The molecular weight excluding hydrogens is 282 g/mol. The maximum atomic E-state index is 10.9. The smallest absolute Gasteiger partial charge is 0.138 e. The number of β-amino-alcohol motifs (C(OH)–C–C–N with tert-alkyl or cyclic N) is 1. The van der Waals surface area contributed by atoms with E-state index < -0.39 is 5.60 Å². The number of aliphatic hydroxyl groups is 1. The maximum Gasteiger partial charge on any atom is 0.138 e. The molecular formula is C15H23N5O2. The summed E-state index contributed by atoms with van der Waals surface area (Å²) in [6, 6.07) is 0.240. The molecule has 1 atom stereocenters. The van der Waals surface area contributed by atoms with Crippen LogP contribution >= 0.6 is 0 Å². The van der Waals surface area contributed by atoms with Crippen molar-refractivity contribution in [2.75, 3.05) is 13.1 Å². The molecule has 120 valence electrons. The minimum Gasteiger partial charge on any atom is -0.382 e. The van der Waals surface area contributed by atoms with Gasteiger partial charge in [-0.25, -0.2) is 4.68 Å². The van der Waals surface area contributed by atoms with Gasteiger partial charge in [0.05, 0.1) is 11.9 Å². The van der Waals surface area contributed by atoms with E-state index in [-0.39, 0.29) is 6.04 Å². The van der Waals surface area contributed by atoms with E-state index in [4.69, 9.17) is 4.52 Å². The van der Waals surface area contributed by atoms with Crippen molar-refractivity contribution in [2.45, 2.75) is 52.3 Å². The van der Waals surface area contributed by atoms with Crippen molar-refractivity contribution < 1.29 is 9.63 Å². The number of nitrogens with zero attached hydrogens (tertiary/aromatic N) is 5. The first-order valence-electron chi connectivity index (χ1n) is 7.68. The fraction of sp³-hybridized carbons (Fsp3) is 0.667. The fourth-order valence-corrected chi connectivity index (χ4v) is 2.91. The van der Waals surface area contributed by atoms with Crippen LogP contribution in [0.25, 0.3) is 0 Å². The van der Waals surface area contributed by atoms with Crippen LogP contribution in [0, 0.1) is 13.8 Å². The van der Waals surface area contributed by atoms with Gasteiger partial charge in [0.15, 0.2) is 0 Å². The quantitative estimate of drug-likeness (QED) is 0.923. The van der Waals surface area contributed by atoms with Crippen molar-refractivity contribution in [3.63, 3.8) is 0 Å². The van der Waals surface area contributed by atoms with Gasteiger partial charge >= 0.3 is 0 Å². The van der Waals surface area contributed by atoms with Crippen LogP contribution in [-0.4, -0.2) is 43.2 Å². The van der Waals surface area contributed by atoms with Gasteiger partial charge in [0.2, 0.25) is 0 Å². The zero-order chi connectivity index (χ0) is 15.9. The average Bonchev–Trinajstić information content (AvgIpc) is 3.15. The van der Waals surface area contributed by atoms with E-state index >= 15 is 0 Å². The van der Waals surface area contributed by atoms with Gasteiger partial charge in [0, 0.05) is 31.2 Å². The van der Waals surface area contributed by atoms with Crippen molar-refractivity contribution in [2.24, 2.45) is 0 Å². The lowest BCUT2D eigenvalue weighted by atomic mass is 10.00. The summed E-state index contributed by atoms with van der Waals surface area (Å²) < 4.78 is 6.99. The lowest BCUT2D eigenvalue weighted by Crippen LogP contribution is -2.31. The molecule has 3 heterocycles. The van der Waals surface area contributed by atoms with Crippen LogP contribution in [0.2, 0.25) is 0 Å². The Hall–Kier alpha value is -1.73. The standard InChI is InChI=1S/C15H23N5O2/c1-10(2)20-8-14(16-18-20)15(21)5-6-19(9-15)7-13-11(3)17-22-12(13)4/h8,10,21H,5-7,9H2,1-4H3/t15-/m1/s1. The molecule has 2 aromatic rings. The molecule has 1 saturated heterocycles. The summed E-state index contributed by atoms with van der Waals surface area (Å²) in [4.78, 5) is 2.21. The highest BCUT2D eigenvalue weighted by atomic mass is 16.5. The predicted octanol–water partition coefficient (Wildman–Crippen LogP) is 1.56. The normalized spacial score (nSPS) is 22.8. The Morgan fingerprint density at radius 1 is 1.41 bits per heavy atom. The van der Waals surface area contributed by atoms with Crippen molar-refractivity contribution in [3.8, 4) is 0 Å². The highest BCUT2D eigenvalue weighted by Gasteiger charge is 2.40. The third-order valence-electron chi connectivity index (χ3n) is 4.41. The summed E-state index contributed by atoms with van der Waals surface area (Å²) in [6.45, 7) is 10.1. The van der Waals surface area contributed by atoms with E-state index in [9.17, 15) is 5.11 Å². The second-order valence-electron chi connectivity index (χ2n) is 6.47. The van der Waals surface area contributed by atoms with E-state index in [0.29, 0.717) is 18.7 Å². The van der Waals surface area contributed by atoms with Crippen LogP contribution in [-0.2, 0) is 12.1 Å². The van der Waals surface area contributed by atoms with Gasteiger partial charge in [-0.05, 0) is 34.1 Å². The highest BCUT2D eigenvalue weighted by molar-refractivity contribution is 5.21. The molecule has 0 spiro atoms. The van der Waals surface area contributed by atoms with E-state index in [0.717, 1.165) is 30.1 Å². The Kier molecular flexibility index (Phi) is 3.78. The third-order valence-corrected chi connectivity index (χ3v) is 4.41. The molecule has 1 aliphatic heterocycles. The minimum absolute atomic E-state index is 0.240. The number of likely N-dealkylation sites (tertiary alicyclic amines) is 1. The van der Waals surface area contributed by atoms with Gasteiger partial charge in [0.25, 0.3) is 0 Å². The molecule has 0 saturated carbocycles. The molecule has 0 radical (unpaired) electrons. The molecule has 0 unspecified atom stereocenters. The van der Waals surface area contributed by atoms with E-state index in [1.807, 2.05) is 33.9 Å². The topological polar surface area (TPSA) is 80.2 Å². The number of hydrogen-bond donors (Lipinski definition) is 1. The summed E-state index contributed by atoms with van der Waals surface area (Å²) in [7, 11) is 0. The highest BCUT2D eigenvalue weighted by Crippen LogP contribution is 2.32. The zero-order valence-corrected chi connectivity index (χ0v) is 13.6. The SMILES string of the molecule is Cc1noc(C)c1CN1CC[C@](O)(c2cn(C(C)C)nn2)C1. The zero-order valence-electron chi connectivity index (χ0n) is 13.6. The van der Waals surface area contributed by atoms with Crippen LogP contribution in [0.3, 0.4) is 0 Å². The Balaban J connectivity index is 1.73. The van der Waals surface area contributed by atoms with E-state index in [1.54, 1.807) is 4.68 Å². The molecule has 7 heteroatoms. The summed E-state index contributed by atoms with van der Waals surface area (Å²) in [5.74, 6) is 0.846. The Morgan fingerprint density at radius 3 is 2.77 bits per heavy atom. The first-order chi connectivity index (χ1) is 10.4. The van der Waals surface area contributed by atoms with Gasteiger partial charge in [-0.3, -0.25) is 4.90 Å². The molecule has 0 amide bonds. The molecule has 0 aromatic carbocycles. The molecule has 3 rings (SSSR count). The maximum absolute atomic E-state index is 10.9. The van der Waals surface area contributed by atoms with Crippen molar-refractivity contribution in [3.05, 3.63) is 28.9 Å². The predicted molar refractivity (Wildman–Crippen MR) is 80.2 cm³/mol. The number of hydrogen-bond acceptors (Lipinski definition) is 6. The Morgan fingerprint density at radius 2 is 2.18 bits per heavy atom. The number of aryl methyl sites for hydroxylation is 2. The van der Waals surface area contributed by atoms with Gasteiger partial charge in [-0.1, -0.05) is 10.4 Å². The summed E-state index contributed by atoms with van der Waals surface area (Å²) in [5, 5.41) is 23.1. The lowest BCUT2D eigenvalue weighted by Gasteiger charge is -2.21. The number of rotatable bonds is 4. The first kappa shape index (κ1) is 15.2. The van der Waals surface area contributed by atoms with Gasteiger partial charge in [-0.2, -0.15) is 0 Å². The molecule has 22 heavy (non-hydrogen) atoms. The van der Waals surface area contributed by atoms with Crippen LogP contribution in [0.1, 0.15) is 49.0 Å². The molecule has 0 bridgehead atoms. The Labute approximate surface area is 129 Å². The van der Waals surface area contributed by atoms with Crippen LogP contribution < -0.4 is 0 Å². The van der Waals surface area contributed by atoms with Crippen LogP contribution in [0.5, 0.6) is 0 Å². The number of aromatic nitrogens is 4. The van der Waals surface area contributed by atoms with Crippen LogP contribution in [0.4, 0.5) is 0 Å². The van der Waals surface area contributed by atoms with Crippen molar-refractivity contribution >= 4 is 0 Å².